The first-order valence-electron chi connectivity index (χ1n) is 15.9. The maximum absolute atomic E-state index is 13.7. The third kappa shape index (κ3) is 5.19. The predicted molar refractivity (Wildman–Crippen MR) is 177 cm³/mol. The summed E-state index contributed by atoms with van der Waals surface area (Å²) in [5.74, 6) is 0.404. The number of nitrogens with zero attached hydrogens (tertiary/aromatic N) is 6. The Labute approximate surface area is 267 Å². The Kier molecular flexibility index (Phi) is 7.53. The predicted octanol–water partition coefficient (Wildman–Crippen LogP) is 4.35. The van der Waals surface area contributed by atoms with Gasteiger partial charge in [0, 0.05) is 54.7 Å². The second-order valence-electron chi connectivity index (χ2n) is 12.7. The van der Waals surface area contributed by atoms with Crippen LogP contribution in [0.3, 0.4) is 0 Å². The summed E-state index contributed by atoms with van der Waals surface area (Å²) in [6.07, 6.45) is 3.20. The molecule has 46 heavy (non-hydrogen) atoms. The Balaban J connectivity index is 1.33. The highest BCUT2D eigenvalue weighted by Gasteiger charge is 2.30. The van der Waals surface area contributed by atoms with Crippen molar-refractivity contribution in [1.82, 2.24) is 29.0 Å². The molecule has 1 aromatic carbocycles. The van der Waals surface area contributed by atoms with Crippen LogP contribution in [0, 0.1) is 12.8 Å². The number of imidazole rings is 1. The van der Waals surface area contributed by atoms with Gasteiger partial charge < -0.3 is 20.8 Å². The van der Waals surface area contributed by atoms with Gasteiger partial charge in [-0.2, -0.15) is 0 Å². The highest BCUT2D eigenvalue weighted by molar-refractivity contribution is 5.96. The van der Waals surface area contributed by atoms with E-state index in [0.717, 1.165) is 58.9 Å². The van der Waals surface area contributed by atoms with Crippen molar-refractivity contribution < 1.29 is 14.3 Å². The number of nitrogens with two attached hydrogens (primary N) is 2. The zero-order chi connectivity index (χ0) is 32.3. The van der Waals surface area contributed by atoms with E-state index in [1.807, 2.05) is 53.7 Å². The summed E-state index contributed by atoms with van der Waals surface area (Å²) >= 11 is 0. The maximum Gasteiger partial charge on any atom is 0.268 e. The van der Waals surface area contributed by atoms with Gasteiger partial charge >= 0.3 is 0 Å². The van der Waals surface area contributed by atoms with Crippen molar-refractivity contribution in [3.8, 4) is 17.3 Å². The third-order valence-corrected chi connectivity index (χ3v) is 9.53. The van der Waals surface area contributed by atoms with Crippen LogP contribution in [0.5, 0.6) is 5.88 Å². The zero-order valence-electron chi connectivity index (χ0n) is 26.7. The van der Waals surface area contributed by atoms with Gasteiger partial charge in [0.1, 0.15) is 17.0 Å². The van der Waals surface area contributed by atoms with Crippen LogP contribution in [0.25, 0.3) is 28.1 Å². The van der Waals surface area contributed by atoms with E-state index in [4.69, 9.17) is 26.2 Å². The average molecular weight is 621 g/mol. The number of ether oxygens (including phenoxy) is 1. The molecule has 5 aromatic rings. The Hall–Kier alpha value is -4.74. The van der Waals surface area contributed by atoms with Gasteiger partial charge in [-0.3, -0.25) is 19.0 Å². The van der Waals surface area contributed by atoms with Crippen molar-refractivity contribution in [2.75, 3.05) is 27.2 Å². The van der Waals surface area contributed by atoms with E-state index in [0.29, 0.717) is 35.1 Å². The topological polar surface area (TPSA) is 137 Å². The van der Waals surface area contributed by atoms with Crippen LogP contribution in [0.15, 0.2) is 54.6 Å². The molecule has 238 valence electrons. The van der Waals surface area contributed by atoms with Crippen molar-refractivity contribution in [3.63, 3.8) is 0 Å². The number of hydrogen-bond acceptors (Lipinski definition) is 7. The molecule has 2 aliphatic rings. The Morgan fingerprint density at radius 3 is 2.59 bits per heavy atom. The number of primary amides is 1. The van der Waals surface area contributed by atoms with E-state index >= 15 is 0 Å². The summed E-state index contributed by atoms with van der Waals surface area (Å²) in [5, 5.41) is 4.64. The van der Waals surface area contributed by atoms with Crippen LogP contribution in [-0.4, -0.2) is 74.1 Å². The number of carbonyl (C=O) groups is 2. The lowest BCUT2D eigenvalue weighted by Crippen LogP contribution is -2.55. The molecule has 11 heteroatoms. The molecule has 1 aliphatic carbocycles. The summed E-state index contributed by atoms with van der Waals surface area (Å²) in [6, 6.07) is 17.3. The first kappa shape index (κ1) is 29.9. The van der Waals surface area contributed by atoms with Gasteiger partial charge in [-0.15, -0.1) is 0 Å². The highest BCUT2D eigenvalue weighted by Crippen LogP contribution is 2.38. The van der Waals surface area contributed by atoms with Crippen molar-refractivity contribution >= 4 is 28.5 Å². The van der Waals surface area contributed by atoms with E-state index < -0.39 is 5.91 Å². The first-order chi connectivity index (χ1) is 22.1. The minimum absolute atomic E-state index is 0.0607. The number of amides is 2. The number of fused-ring (bicyclic) bond motifs is 2. The van der Waals surface area contributed by atoms with E-state index in [1.165, 1.54) is 12.8 Å². The van der Waals surface area contributed by atoms with Gasteiger partial charge in [0.25, 0.3) is 5.91 Å². The largest absolute Gasteiger partial charge is 0.482 e. The third-order valence-electron chi connectivity index (χ3n) is 9.53. The summed E-state index contributed by atoms with van der Waals surface area (Å²) < 4.78 is 10.1. The number of hydrazine groups is 1. The second kappa shape index (κ2) is 11.6. The molecule has 1 saturated heterocycles. The lowest BCUT2D eigenvalue weighted by Gasteiger charge is -2.38. The van der Waals surface area contributed by atoms with Crippen molar-refractivity contribution in [3.05, 3.63) is 82.7 Å². The maximum atomic E-state index is 13.7. The van der Waals surface area contributed by atoms with Crippen molar-refractivity contribution in [2.24, 2.45) is 17.4 Å². The SMILES string of the molecule is COc1cc(C(=O)N2C[C@H](N)CCN2C)cc2nc(-c3cc4ccc([C@H](C)c5ccccc5C(N)=O)nc4n3CC3CC3)c(C)n12. The lowest BCUT2D eigenvalue weighted by molar-refractivity contribution is -0.0168. The molecule has 2 amide bonds. The summed E-state index contributed by atoms with van der Waals surface area (Å²) in [7, 11) is 3.52. The molecule has 0 spiro atoms. The molecule has 1 aliphatic heterocycles. The second-order valence-corrected chi connectivity index (χ2v) is 12.7. The number of carbonyl (C=O) groups excluding carboxylic acids is 2. The summed E-state index contributed by atoms with van der Waals surface area (Å²) in [5.41, 5.74) is 18.8. The van der Waals surface area contributed by atoms with Crippen LogP contribution in [0.1, 0.15) is 69.8 Å². The van der Waals surface area contributed by atoms with Crippen LogP contribution in [0.4, 0.5) is 0 Å². The zero-order valence-corrected chi connectivity index (χ0v) is 26.7. The lowest BCUT2D eigenvalue weighted by atomic mass is 9.92. The molecule has 5 heterocycles. The standard InChI is InChI=1S/C35H40N8O3/c1-20(26-7-5-6-8-27(26)33(37)44)28-12-11-23-15-29(41(34(23)38-28)18-22-9-10-22)32-21(2)43-30(39-32)16-24(17-31(43)46-4)35(45)42-19-25(36)13-14-40(42)3/h5-8,11-12,15-17,20,22,25H,9-10,13-14,18-19,36H2,1-4H3,(H2,37,44)/t20-,25-/m1/s1. The Bertz CT molecular complexity index is 1990. The van der Waals surface area contributed by atoms with Gasteiger partial charge in [-0.1, -0.05) is 25.1 Å². The fraction of sp³-hybridized carbons (Fsp3) is 0.371. The quantitative estimate of drug-likeness (QED) is 0.263. The fourth-order valence-electron chi connectivity index (χ4n) is 6.69. The molecule has 2 atom stereocenters. The van der Waals surface area contributed by atoms with Gasteiger partial charge in [0.15, 0.2) is 5.88 Å². The number of rotatable bonds is 8. The number of hydrogen-bond donors (Lipinski definition) is 2. The van der Waals surface area contributed by atoms with Gasteiger partial charge in [0.05, 0.1) is 30.7 Å². The molecule has 0 radical (unpaired) electrons. The molecule has 4 N–H and O–H groups in total. The molecule has 0 unspecified atom stereocenters. The first-order valence-corrected chi connectivity index (χ1v) is 15.9. The van der Waals surface area contributed by atoms with Crippen LogP contribution in [0.2, 0.25) is 0 Å². The fourth-order valence-corrected chi connectivity index (χ4v) is 6.69. The van der Waals surface area contributed by atoms with E-state index in [2.05, 4.69) is 23.6 Å². The minimum atomic E-state index is -0.447. The monoisotopic (exact) mass is 620 g/mol. The van der Waals surface area contributed by atoms with E-state index in [9.17, 15) is 9.59 Å². The number of benzene rings is 1. The molecule has 11 nitrogen and oxygen atoms in total. The number of aromatic nitrogens is 4. The minimum Gasteiger partial charge on any atom is -0.482 e. The number of pyridine rings is 2. The summed E-state index contributed by atoms with van der Waals surface area (Å²) in [6.45, 7) is 6.09. The average Bonchev–Trinajstić information content (AvgIpc) is 3.73. The number of methoxy groups -OCH3 is 1. The Morgan fingerprint density at radius 1 is 1.07 bits per heavy atom. The van der Waals surface area contributed by atoms with Crippen LogP contribution in [-0.2, 0) is 6.54 Å². The molecule has 0 bridgehead atoms. The van der Waals surface area contributed by atoms with Crippen LogP contribution >= 0.6 is 0 Å². The van der Waals surface area contributed by atoms with Gasteiger partial charge in [-0.05, 0) is 68.0 Å². The molecular weight excluding hydrogens is 580 g/mol. The van der Waals surface area contributed by atoms with E-state index in [1.54, 1.807) is 24.3 Å². The molecular formula is C35H40N8O3. The normalized spacial score (nSPS) is 17.9. The highest BCUT2D eigenvalue weighted by atomic mass is 16.5. The molecule has 4 aromatic heterocycles. The van der Waals surface area contributed by atoms with Crippen molar-refractivity contribution in [1.29, 1.82) is 0 Å². The number of aryl methyl sites for hydroxylation is 1. The summed E-state index contributed by atoms with van der Waals surface area (Å²) in [4.78, 5) is 36.1. The van der Waals surface area contributed by atoms with E-state index in [-0.39, 0.29) is 17.9 Å². The van der Waals surface area contributed by atoms with Crippen LogP contribution < -0.4 is 16.2 Å². The Morgan fingerprint density at radius 2 is 1.85 bits per heavy atom. The van der Waals surface area contributed by atoms with Gasteiger partial charge in [0.2, 0.25) is 5.91 Å². The molecule has 1 saturated carbocycles. The van der Waals surface area contributed by atoms with Crippen molar-refractivity contribution in [2.45, 2.75) is 51.6 Å². The molecule has 7 rings (SSSR count). The molecule has 2 fully saturated rings. The van der Waals surface area contributed by atoms with Gasteiger partial charge in [-0.25, -0.2) is 15.0 Å². The smallest absolute Gasteiger partial charge is 0.268 e.